The van der Waals surface area contributed by atoms with Crippen LogP contribution in [0.3, 0.4) is 0 Å². The number of phenolic OH excluding ortho intramolecular Hbond substituents is 2. The number of hydrogen-bond donors (Lipinski definition) is 3. The number of aromatic hydroxyl groups is 2. The van der Waals surface area contributed by atoms with Crippen molar-refractivity contribution in [2.45, 2.75) is 46.1 Å². The maximum atomic E-state index is 9.34. The van der Waals surface area contributed by atoms with Crippen molar-refractivity contribution in [3.8, 4) is 11.5 Å². The molecule has 0 aliphatic rings. The fourth-order valence-corrected chi connectivity index (χ4v) is 1.54. The Kier molecular flexibility index (Phi) is 8.19. The van der Waals surface area contributed by atoms with Crippen molar-refractivity contribution in [1.29, 1.82) is 0 Å². The fourth-order valence-electron chi connectivity index (χ4n) is 1.54. The first kappa shape index (κ1) is 17.7. The Morgan fingerprint density at radius 3 is 2.16 bits per heavy atom. The van der Waals surface area contributed by atoms with E-state index in [1.165, 1.54) is 18.6 Å². The van der Waals surface area contributed by atoms with E-state index >= 15 is 0 Å². The SMILES string of the molecule is CC(C)(Cc1ccc(O)c(O)c1)OCCO.CCC. The number of rotatable bonds is 5. The van der Waals surface area contributed by atoms with Crippen molar-refractivity contribution in [2.75, 3.05) is 13.2 Å². The van der Waals surface area contributed by atoms with E-state index in [-0.39, 0.29) is 24.7 Å². The predicted molar refractivity (Wildman–Crippen MR) is 76.6 cm³/mol. The zero-order chi connectivity index (χ0) is 14.9. The smallest absolute Gasteiger partial charge is 0.157 e. The molecule has 0 radical (unpaired) electrons. The van der Waals surface area contributed by atoms with Gasteiger partial charge in [0.15, 0.2) is 11.5 Å². The van der Waals surface area contributed by atoms with Gasteiger partial charge in [0.05, 0.1) is 18.8 Å². The molecule has 1 aromatic carbocycles. The molecule has 0 fully saturated rings. The van der Waals surface area contributed by atoms with Crippen LogP contribution in [0.2, 0.25) is 0 Å². The van der Waals surface area contributed by atoms with Gasteiger partial charge < -0.3 is 20.1 Å². The van der Waals surface area contributed by atoms with Crippen LogP contribution in [-0.4, -0.2) is 34.1 Å². The third kappa shape index (κ3) is 7.70. The van der Waals surface area contributed by atoms with Crippen LogP contribution in [0.5, 0.6) is 11.5 Å². The minimum Gasteiger partial charge on any atom is -0.504 e. The van der Waals surface area contributed by atoms with Crippen LogP contribution in [0.4, 0.5) is 0 Å². The highest BCUT2D eigenvalue weighted by Crippen LogP contribution is 2.27. The van der Waals surface area contributed by atoms with Crippen molar-refractivity contribution in [3.05, 3.63) is 23.8 Å². The summed E-state index contributed by atoms with van der Waals surface area (Å²) in [6.45, 7) is 8.35. The number of hydrogen-bond acceptors (Lipinski definition) is 4. The molecule has 0 bridgehead atoms. The lowest BCUT2D eigenvalue weighted by atomic mass is 9.98. The molecule has 110 valence electrons. The molecule has 0 saturated carbocycles. The summed E-state index contributed by atoms with van der Waals surface area (Å²) in [7, 11) is 0. The van der Waals surface area contributed by atoms with Crippen LogP contribution in [-0.2, 0) is 11.2 Å². The fraction of sp³-hybridized carbons (Fsp3) is 0.600. The zero-order valence-corrected chi connectivity index (χ0v) is 12.3. The standard InChI is InChI=1S/C12H18O4.C3H8/c1-12(2,16-6-5-13)8-9-3-4-10(14)11(15)7-9;1-3-2/h3-4,7,13-15H,5-6,8H2,1-2H3;3H2,1-2H3. The number of aliphatic hydroxyl groups excluding tert-OH is 1. The van der Waals surface area contributed by atoms with Crippen LogP contribution in [0.25, 0.3) is 0 Å². The molecule has 4 heteroatoms. The predicted octanol–water partition coefficient (Wildman–Crippen LogP) is 2.84. The highest BCUT2D eigenvalue weighted by Gasteiger charge is 2.19. The molecule has 1 rings (SSSR count). The van der Waals surface area contributed by atoms with E-state index in [0.29, 0.717) is 6.42 Å². The molecular weight excluding hydrogens is 244 g/mol. The molecule has 19 heavy (non-hydrogen) atoms. The average molecular weight is 270 g/mol. The van der Waals surface area contributed by atoms with Crippen molar-refractivity contribution >= 4 is 0 Å². The van der Waals surface area contributed by atoms with E-state index in [4.69, 9.17) is 14.9 Å². The first-order chi connectivity index (χ1) is 8.86. The van der Waals surface area contributed by atoms with E-state index in [9.17, 15) is 5.11 Å². The van der Waals surface area contributed by atoms with Crippen LogP contribution < -0.4 is 0 Å². The molecule has 0 unspecified atom stereocenters. The van der Waals surface area contributed by atoms with Gasteiger partial charge in [0.1, 0.15) is 0 Å². The van der Waals surface area contributed by atoms with Crippen molar-refractivity contribution < 1.29 is 20.1 Å². The Hall–Kier alpha value is -1.26. The summed E-state index contributed by atoms with van der Waals surface area (Å²) in [4.78, 5) is 0. The minimum atomic E-state index is -0.411. The summed E-state index contributed by atoms with van der Waals surface area (Å²) in [5, 5.41) is 27.2. The maximum absolute atomic E-state index is 9.34. The monoisotopic (exact) mass is 270 g/mol. The lowest BCUT2D eigenvalue weighted by Gasteiger charge is -2.25. The molecule has 4 nitrogen and oxygen atoms in total. The normalized spacial score (nSPS) is 10.8. The largest absolute Gasteiger partial charge is 0.504 e. The van der Waals surface area contributed by atoms with Crippen LogP contribution in [0.1, 0.15) is 39.7 Å². The molecule has 0 atom stereocenters. The molecule has 3 N–H and O–H groups in total. The van der Waals surface area contributed by atoms with Gasteiger partial charge in [0.25, 0.3) is 0 Å². The highest BCUT2D eigenvalue weighted by molar-refractivity contribution is 5.40. The zero-order valence-electron chi connectivity index (χ0n) is 12.3. The molecule has 0 aromatic heterocycles. The molecule has 0 aliphatic carbocycles. The van der Waals surface area contributed by atoms with Gasteiger partial charge in [-0.25, -0.2) is 0 Å². The Labute approximate surface area is 115 Å². The second-order valence-electron chi connectivity index (χ2n) is 5.04. The van der Waals surface area contributed by atoms with E-state index in [1.54, 1.807) is 6.07 Å². The van der Waals surface area contributed by atoms with Gasteiger partial charge in [-0.2, -0.15) is 0 Å². The van der Waals surface area contributed by atoms with Gasteiger partial charge in [0, 0.05) is 6.42 Å². The first-order valence-electron chi connectivity index (χ1n) is 6.62. The molecule has 0 aliphatic heterocycles. The van der Waals surface area contributed by atoms with E-state index in [1.807, 2.05) is 13.8 Å². The molecule has 0 heterocycles. The van der Waals surface area contributed by atoms with Gasteiger partial charge in [-0.3, -0.25) is 0 Å². The van der Waals surface area contributed by atoms with Crippen molar-refractivity contribution in [1.82, 2.24) is 0 Å². The average Bonchev–Trinajstić information content (AvgIpc) is 2.32. The molecule has 0 spiro atoms. The van der Waals surface area contributed by atoms with E-state index < -0.39 is 5.60 Å². The van der Waals surface area contributed by atoms with Gasteiger partial charge in [-0.05, 0) is 31.5 Å². The summed E-state index contributed by atoms with van der Waals surface area (Å²) < 4.78 is 5.46. The maximum Gasteiger partial charge on any atom is 0.157 e. The molecule has 0 saturated heterocycles. The number of aliphatic hydroxyl groups is 1. The lowest BCUT2D eigenvalue weighted by Crippen LogP contribution is -2.28. The van der Waals surface area contributed by atoms with Crippen LogP contribution in [0, 0.1) is 0 Å². The Morgan fingerprint density at radius 2 is 1.68 bits per heavy atom. The summed E-state index contributed by atoms with van der Waals surface area (Å²) in [6.07, 6.45) is 1.85. The van der Waals surface area contributed by atoms with Crippen molar-refractivity contribution in [2.24, 2.45) is 0 Å². The topological polar surface area (TPSA) is 69.9 Å². The van der Waals surface area contributed by atoms with Gasteiger partial charge >= 0.3 is 0 Å². The Morgan fingerprint density at radius 1 is 1.11 bits per heavy atom. The van der Waals surface area contributed by atoms with Gasteiger partial charge in [0.2, 0.25) is 0 Å². The van der Waals surface area contributed by atoms with Gasteiger partial charge in [-0.1, -0.05) is 26.3 Å². The number of phenols is 2. The van der Waals surface area contributed by atoms with Gasteiger partial charge in [-0.15, -0.1) is 0 Å². The van der Waals surface area contributed by atoms with Crippen molar-refractivity contribution in [3.63, 3.8) is 0 Å². The highest BCUT2D eigenvalue weighted by atomic mass is 16.5. The van der Waals surface area contributed by atoms with E-state index in [2.05, 4.69) is 13.8 Å². The lowest BCUT2D eigenvalue weighted by molar-refractivity contribution is -0.0323. The van der Waals surface area contributed by atoms with Crippen LogP contribution >= 0.6 is 0 Å². The number of benzene rings is 1. The second kappa shape index (κ2) is 8.77. The summed E-state index contributed by atoms with van der Waals surface area (Å²) >= 11 is 0. The summed E-state index contributed by atoms with van der Waals surface area (Å²) in [6, 6.07) is 4.70. The van der Waals surface area contributed by atoms with Crippen LogP contribution in [0.15, 0.2) is 18.2 Å². The molecule has 0 amide bonds. The molecular formula is C15H26O4. The number of ether oxygens (including phenoxy) is 1. The Bertz CT molecular complexity index is 361. The molecule has 1 aromatic rings. The summed E-state index contributed by atoms with van der Waals surface area (Å²) in [5.74, 6) is -0.256. The second-order valence-corrected chi connectivity index (χ2v) is 5.04. The third-order valence-corrected chi connectivity index (χ3v) is 2.25. The third-order valence-electron chi connectivity index (χ3n) is 2.25. The first-order valence-corrected chi connectivity index (χ1v) is 6.62. The summed E-state index contributed by atoms with van der Waals surface area (Å²) in [5.41, 5.74) is 0.463. The minimum absolute atomic E-state index is 0.00966. The quantitative estimate of drug-likeness (QED) is 0.720. The van der Waals surface area contributed by atoms with E-state index in [0.717, 1.165) is 5.56 Å². The Balaban J connectivity index is 0.000000982.